The normalized spacial score (nSPS) is 11.8. The highest BCUT2D eigenvalue weighted by Gasteiger charge is 2.27. The largest absolute Gasteiger partial charge is 0.515 e. The van der Waals surface area contributed by atoms with Crippen LogP contribution in [0.5, 0.6) is 0 Å². The van der Waals surface area contributed by atoms with Gasteiger partial charge in [0.1, 0.15) is 5.60 Å². The fraction of sp³-hybridized carbons (Fsp3) is 0.526. The van der Waals surface area contributed by atoms with Gasteiger partial charge in [-0.2, -0.15) is 4.79 Å². The first-order chi connectivity index (χ1) is 10.9. The predicted octanol–water partition coefficient (Wildman–Crippen LogP) is 3.61. The number of ether oxygens (including phenoxy) is 1. The molecule has 0 fully saturated rings. The third-order valence-electron chi connectivity index (χ3n) is 3.28. The number of aromatic nitrogens is 1. The Balaban J connectivity index is 0.000000245. The van der Waals surface area contributed by atoms with Gasteiger partial charge in [0.2, 0.25) is 0 Å². The number of nitrogens with two attached hydrogens (primary N) is 1. The lowest BCUT2D eigenvalue weighted by Crippen LogP contribution is -2.44. The van der Waals surface area contributed by atoms with Crippen LogP contribution < -0.4 is 5.73 Å². The number of hydrogen-bond donors (Lipinski definition) is 2. The van der Waals surface area contributed by atoms with Crippen molar-refractivity contribution in [2.24, 2.45) is 5.73 Å². The Bertz CT molecular complexity index is 676. The van der Waals surface area contributed by atoms with E-state index in [0.717, 1.165) is 6.42 Å². The summed E-state index contributed by atoms with van der Waals surface area (Å²) in [5, 5.41) is 1.31. The van der Waals surface area contributed by atoms with Crippen molar-refractivity contribution in [2.45, 2.75) is 39.7 Å². The van der Waals surface area contributed by atoms with Gasteiger partial charge in [-0.25, -0.2) is 4.48 Å². The van der Waals surface area contributed by atoms with E-state index in [1.807, 2.05) is 20.8 Å². The van der Waals surface area contributed by atoms with E-state index < -0.39 is 0 Å². The Morgan fingerprint density at radius 3 is 2.33 bits per heavy atom. The van der Waals surface area contributed by atoms with Crippen molar-refractivity contribution in [3.63, 3.8) is 0 Å². The molecule has 1 heterocycles. The summed E-state index contributed by atoms with van der Waals surface area (Å²) in [4.78, 5) is 14.5. The Morgan fingerprint density at radius 2 is 1.88 bits per heavy atom. The monoisotopic (exact) mass is 334 g/mol. The molecule has 0 spiro atoms. The summed E-state index contributed by atoms with van der Waals surface area (Å²) >= 11 is 0. The SMILES string of the molecule is CC(C)(C)OC(=O)[N+](C)(C)C.Cc1ccc2[nH]cc(CCN)c2c1. The number of quaternary nitrogens is 1. The number of fused-ring (bicyclic) bond motifs is 1. The van der Waals surface area contributed by atoms with E-state index in [4.69, 9.17) is 10.5 Å². The third kappa shape index (κ3) is 6.34. The summed E-state index contributed by atoms with van der Waals surface area (Å²) in [6.45, 7) is 8.40. The van der Waals surface area contributed by atoms with Gasteiger partial charge < -0.3 is 15.5 Å². The number of aromatic amines is 1. The van der Waals surface area contributed by atoms with Crippen molar-refractivity contribution in [3.05, 3.63) is 35.5 Å². The quantitative estimate of drug-likeness (QED) is 0.825. The van der Waals surface area contributed by atoms with Gasteiger partial charge in [0.05, 0.1) is 21.1 Å². The lowest BCUT2D eigenvalue weighted by molar-refractivity contribution is -0.796. The number of aryl methyl sites for hydroxylation is 1. The van der Waals surface area contributed by atoms with Gasteiger partial charge in [-0.05, 0) is 58.4 Å². The minimum absolute atomic E-state index is 0.206. The molecule has 0 bridgehead atoms. The van der Waals surface area contributed by atoms with Gasteiger partial charge in [-0.1, -0.05) is 11.6 Å². The van der Waals surface area contributed by atoms with Crippen LogP contribution in [0.2, 0.25) is 0 Å². The summed E-state index contributed by atoms with van der Waals surface area (Å²) < 4.78 is 5.34. The Morgan fingerprint density at radius 1 is 1.25 bits per heavy atom. The Hall–Kier alpha value is -1.85. The van der Waals surface area contributed by atoms with Gasteiger partial charge in [-0.15, -0.1) is 0 Å². The molecule has 0 aliphatic rings. The van der Waals surface area contributed by atoms with Gasteiger partial charge in [0.25, 0.3) is 0 Å². The molecule has 134 valence electrons. The molecule has 0 unspecified atom stereocenters. The van der Waals surface area contributed by atoms with E-state index in [2.05, 4.69) is 36.3 Å². The lowest BCUT2D eigenvalue weighted by atomic mass is 10.1. The minimum Gasteiger partial charge on any atom is -0.414 e. The second-order valence-corrected chi connectivity index (χ2v) is 7.89. The average Bonchev–Trinajstić information content (AvgIpc) is 2.80. The third-order valence-corrected chi connectivity index (χ3v) is 3.28. The molecule has 2 rings (SSSR count). The van der Waals surface area contributed by atoms with Crippen LogP contribution in [0.25, 0.3) is 10.9 Å². The molecule has 0 saturated carbocycles. The number of nitrogens with one attached hydrogen (secondary N) is 1. The molecule has 1 aromatic carbocycles. The Kier molecular flexibility index (Phi) is 6.58. The van der Waals surface area contributed by atoms with E-state index in [1.54, 1.807) is 21.1 Å². The molecule has 1 amide bonds. The molecule has 5 nitrogen and oxygen atoms in total. The molecule has 2 aromatic rings. The standard InChI is InChI=1S/C11H14N2.C8H18NO2/c1-8-2-3-11-10(6-8)9(4-5-12)7-13-11;1-8(2,3)11-7(10)9(4,5)6/h2-3,6-7,13H,4-5,12H2,1H3;1-6H3/q;+1. The maximum Gasteiger partial charge on any atom is 0.515 e. The minimum atomic E-state index is -0.386. The van der Waals surface area contributed by atoms with Crippen LogP contribution in [0, 0.1) is 6.92 Å². The van der Waals surface area contributed by atoms with Gasteiger partial charge >= 0.3 is 6.09 Å². The summed E-state index contributed by atoms with van der Waals surface area (Å²) in [6, 6.07) is 6.44. The van der Waals surface area contributed by atoms with Gasteiger partial charge in [0.15, 0.2) is 0 Å². The molecule has 24 heavy (non-hydrogen) atoms. The van der Waals surface area contributed by atoms with Crippen LogP contribution in [0.4, 0.5) is 4.79 Å². The maximum absolute atomic E-state index is 11.2. The summed E-state index contributed by atoms with van der Waals surface area (Å²) in [5.41, 5.74) is 8.97. The number of amides is 1. The van der Waals surface area contributed by atoms with Crippen LogP contribution >= 0.6 is 0 Å². The van der Waals surface area contributed by atoms with Gasteiger partial charge in [0, 0.05) is 17.1 Å². The zero-order valence-corrected chi connectivity index (χ0v) is 16.1. The van der Waals surface area contributed by atoms with Crippen molar-refractivity contribution in [1.82, 2.24) is 4.98 Å². The molecule has 5 heteroatoms. The number of benzene rings is 1. The fourth-order valence-corrected chi connectivity index (χ4v) is 2.05. The van der Waals surface area contributed by atoms with Crippen molar-refractivity contribution in [3.8, 4) is 0 Å². The molecule has 0 atom stereocenters. The van der Waals surface area contributed by atoms with E-state index in [-0.39, 0.29) is 16.2 Å². The molecule has 1 aromatic heterocycles. The molecular weight excluding hydrogens is 302 g/mol. The van der Waals surface area contributed by atoms with Crippen LogP contribution in [-0.4, -0.2) is 48.8 Å². The van der Waals surface area contributed by atoms with E-state index in [9.17, 15) is 4.79 Å². The predicted molar refractivity (Wildman–Crippen MR) is 100 cm³/mol. The highest BCUT2D eigenvalue weighted by Crippen LogP contribution is 2.19. The molecule has 0 aliphatic heterocycles. The number of nitrogens with zero attached hydrogens (tertiary/aromatic N) is 1. The highest BCUT2D eigenvalue weighted by molar-refractivity contribution is 5.83. The smallest absolute Gasteiger partial charge is 0.414 e. The zero-order chi connectivity index (χ0) is 18.5. The van der Waals surface area contributed by atoms with Crippen LogP contribution in [0.1, 0.15) is 31.9 Å². The summed E-state index contributed by atoms with van der Waals surface area (Å²) in [7, 11) is 5.36. The van der Waals surface area contributed by atoms with Crippen LogP contribution in [0.3, 0.4) is 0 Å². The first-order valence-electron chi connectivity index (χ1n) is 8.25. The number of carbonyl (C=O) groups excluding carboxylic acids is 1. The fourth-order valence-electron chi connectivity index (χ4n) is 2.05. The number of hydrogen-bond acceptors (Lipinski definition) is 3. The van der Waals surface area contributed by atoms with Crippen molar-refractivity contribution in [2.75, 3.05) is 27.7 Å². The van der Waals surface area contributed by atoms with E-state index in [0.29, 0.717) is 6.54 Å². The van der Waals surface area contributed by atoms with Crippen molar-refractivity contribution < 1.29 is 14.0 Å². The lowest BCUT2D eigenvalue weighted by Gasteiger charge is -2.25. The molecule has 0 aliphatic carbocycles. The highest BCUT2D eigenvalue weighted by atomic mass is 16.6. The Labute approximate surface area is 145 Å². The average molecular weight is 334 g/mol. The van der Waals surface area contributed by atoms with E-state index >= 15 is 0 Å². The van der Waals surface area contributed by atoms with E-state index in [1.165, 1.54) is 22.0 Å². The summed E-state index contributed by atoms with van der Waals surface area (Å²) in [6.07, 6.45) is 2.79. The number of carbonyl (C=O) groups is 1. The van der Waals surface area contributed by atoms with Crippen molar-refractivity contribution in [1.29, 1.82) is 0 Å². The number of rotatable bonds is 2. The first kappa shape index (κ1) is 20.2. The van der Waals surface area contributed by atoms with Gasteiger partial charge in [-0.3, -0.25) is 0 Å². The molecular formula is C19H32N3O2+. The molecule has 0 saturated heterocycles. The maximum atomic E-state index is 11.2. The second kappa shape index (κ2) is 7.81. The van der Waals surface area contributed by atoms with Crippen LogP contribution in [-0.2, 0) is 11.2 Å². The number of H-pyrrole nitrogens is 1. The first-order valence-corrected chi connectivity index (χ1v) is 8.25. The second-order valence-electron chi connectivity index (χ2n) is 7.89. The molecule has 3 N–H and O–H groups in total. The molecule has 0 radical (unpaired) electrons. The topological polar surface area (TPSA) is 68.1 Å². The summed E-state index contributed by atoms with van der Waals surface area (Å²) in [5.74, 6) is 0. The van der Waals surface area contributed by atoms with Crippen molar-refractivity contribution >= 4 is 17.0 Å². The zero-order valence-electron chi connectivity index (χ0n) is 16.1. The van der Waals surface area contributed by atoms with Crippen LogP contribution in [0.15, 0.2) is 24.4 Å².